The summed E-state index contributed by atoms with van der Waals surface area (Å²) in [7, 11) is 1.42. The third kappa shape index (κ3) is 3.28. The Kier molecular flexibility index (Phi) is 4.15. The van der Waals surface area contributed by atoms with Crippen LogP contribution in [0.1, 0.15) is 17.2 Å². The molecule has 0 aliphatic carbocycles. The van der Waals surface area contributed by atoms with Crippen molar-refractivity contribution in [1.29, 1.82) is 0 Å². The monoisotopic (exact) mass is 254 g/mol. The zero-order valence-electron chi connectivity index (χ0n) is 9.96. The summed E-state index contributed by atoms with van der Waals surface area (Å²) in [6.07, 6.45) is 0.998. The third-order valence-electron chi connectivity index (χ3n) is 3.08. The highest BCUT2D eigenvalue weighted by Gasteiger charge is 2.27. The fraction of sp³-hybridized carbons (Fsp3) is 0.583. The quantitative estimate of drug-likeness (QED) is 0.819. The molecule has 1 aromatic heterocycles. The molecule has 94 valence electrons. The van der Waals surface area contributed by atoms with Crippen molar-refractivity contribution < 1.29 is 9.53 Å². The lowest BCUT2D eigenvalue weighted by molar-refractivity contribution is -0.142. The van der Waals surface area contributed by atoms with Crippen molar-refractivity contribution in [2.45, 2.75) is 18.4 Å². The van der Waals surface area contributed by atoms with Crippen molar-refractivity contribution in [2.24, 2.45) is 5.73 Å². The van der Waals surface area contributed by atoms with Crippen LogP contribution in [0.5, 0.6) is 0 Å². The molecular formula is C12H18N2O2S. The van der Waals surface area contributed by atoms with Gasteiger partial charge in [-0.05, 0) is 17.9 Å². The number of likely N-dealkylation sites (tertiary alicyclic amines) is 1. The van der Waals surface area contributed by atoms with Gasteiger partial charge in [0.15, 0.2) is 0 Å². The number of thiophene rings is 1. The van der Waals surface area contributed by atoms with Gasteiger partial charge < -0.3 is 10.5 Å². The fourth-order valence-corrected chi connectivity index (χ4v) is 3.17. The van der Waals surface area contributed by atoms with Gasteiger partial charge in [0.05, 0.1) is 13.7 Å². The number of carbonyl (C=O) groups is 1. The van der Waals surface area contributed by atoms with Crippen LogP contribution in [0.15, 0.2) is 17.5 Å². The van der Waals surface area contributed by atoms with Crippen LogP contribution in [0.3, 0.4) is 0 Å². The highest BCUT2D eigenvalue weighted by molar-refractivity contribution is 7.10. The van der Waals surface area contributed by atoms with Crippen molar-refractivity contribution in [1.82, 2.24) is 4.90 Å². The van der Waals surface area contributed by atoms with Crippen molar-refractivity contribution in [2.75, 3.05) is 26.7 Å². The Morgan fingerprint density at radius 1 is 1.65 bits per heavy atom. The predicted molar refractivity (Wildman–Crippen MR) is 68.1 cm³/mol. The van der Waals surface area contributed by atoms with E-state index >= 15 is 0 Å². The molecule has 1 aromatic rings. The van der Waals surface area contributed by atoms with E-state index in [0.717, 1.165) is 19.5 Å². The number of methoxy groups -OCH3 is 1. The van der Waals surface area contributed by atoms with E-state index < -0.39 is 0 Å². The van der Waals surface area contributed by atoms with Crippen LogP contribution < -0.4 is 5.73 Å². The molecule has 0 aromatic carbocycles. The average molecular weight is 254 g/mol. The zero-order chi connectivity index (χ0) is 12.3. The first-order chi connectivity index (χ1) is 8.19. The van der Waals surface area contributed by atoms with Crippen LogP contribution >= 0.6 is 11.3 Å². The summed E-state index contributed by atoms with van der Waals surface area (Å²) in [5.74, 6) is 0.257. The molecule has 0 spiro atoms. The van der Waals surface area contributed by atoms with Gasteiger partial charge in [0.2, 0.25) is 0 Å². The molecule has 4 nitrogen and oxygen atoms in total. The molecule has 1 aliphatic rings. The predicted octanol–water partition coefficient (Wildman–Crippen LogP) is 1.04. The summed E-state index contributed by atoms with van der Waals surface area (Å²) in [4.78, 5) is 14.7. The van der Waals surface area contributed by atoms with Gasteiger partial charge in [-0.15, -0.1) is 11.3 Å². The van der Waals surface area contributed by atoms with Crippen molar-refractivity contribution in [3.8, 4) is 0 Å². The molecule has 2 unspecified atom stereocenters. The molecule has 0 radical (unpaired) electrons. The molecule has 17 heavy (non-hydrogen) atoms. The summed E-state index contributed by atoms with van der Waals surface area (Å²) in [5.41, 5.74) is 6.05. The van der Waals surface area contributed by atoms with Gasteiger partial charge in [-0.1, -0.05) is 6.07 Å². The topological polar surface area (TPSA) is 55.6 Å². The highest BCUT2D eigenvalue weighted by atomic mass is 32.1. The number of rotatable bonds is 3. The Balaban J connectivity index is 1.99. The standard InChI is InChI=1S/C12H18N2O2S/c1-16-12(15)8-14-6-9(5-10(13)7-14)11-3-2-4-17-11/h2-4,9-10H,5-8,13H2,1H3. The number of esters is 1. The van der Waals surface area contributed by atoms with E-state index in [-0.39, 0.29) is 12.0 Å². The van der Waals surface area contributed by atoms with E-state index in [2.05, 4.69) is 22.4 Å². The molecular weight excluding hydrogens is 236 g/mol. The first kappa shape index (κ1) is 12.5. The van der Waals surface area contributed by atoms with Gasteiger partial charge in [0, 0.05) is 29.9 Å². The lowest BCUT2D eigenvalue weighted by atomic mass is 9.93. The maximum Gasteiger partial charge on any atom is 0.319 e. The Labute approximate surface area is 105 Å². The maximum atomic E-state index is 11.3. The van der Waals surface area contributed by atoms with E-state index in [1.807, 2.05) is 0 Å². The molecule has 2 atom stereocenters. The number of nitrogens with two attached hydrogens (primary N) is 1. The second-order valence-corrected chi connectivity index (χ2v) is 5.46. The first-order valence-electron chi connectivity index (χ1n) is 5.77. The minimum atomic E-state index is -0.191. The van der Waals surface area contributed by atoms with Crippen LogP contribution in [-0.4, -0.2) is 43.7 Å². The van der Waals surface area contributed by atoms with Crippen molar-refractivity contribution in [3.63, 3.8) is 0 Å². The second kappa shape index (κ2) is 5.62. The van der Waals surface area contributed by atoms with Crippen LogP contribution in [0.25, 0.3) is 0 Å². The summed E-state index contributed by atoms with van der Waals surface area (Å²) < 4.78 is 4.70. The second-order valence-electron chi connectivity index (χ2n) is 4.48. The van der Waals surface area contributed by atoms with Gasteiger partial charge in [-0.2, -0.15) is 0 Å². The molecule has 5 heteroatoms. The molecule has 0 bridgehead atoms. The summed E-state index contributed by atoms with van der Waals surface area (Å²) in [6, 6.07) is 4.34. The van der Waals surface area contributed by atoms with Gasteiger partial charge in [-0.3, -0.25) is 9.69 Å². The third-order valence-corrected chi connectivity index (χ3v) is 4.12. The van der Waals surface area contributed by atoms with Gasteiger partial charge >= 0.3 is 5.97 Å². The van der Waals surface area contributed by atoms with Gasteiger partial charge in [-0.25, -0.2) is 0 Å². The van der Waals surface area contributed by atoms with E-state index in [4.69, 9.17) is 10.5 Å². The van der Waals surface area contributed by atoms with Crippen molar-refractivity contribution in [3.05, 3.63) is 22.4 Å². The molecule has 0 amide bonds. The lowest BCUT2D eigenvalue weighted by Gasteiger charge is -2.35. The molecule has 1 aliphatic heterocycles. The minimum absolute atomic E-state index is 0.139. The zero-order valence-corrected chi connectivity index (χ0v) is 10.8. The summed E-state index contributed by atoms with van der Waals surface area (Å²) in [6.45, 7) is 2.01. The average Bonchev–Trinajstić information content (AvgIpc) is 2.81. The number of ether oxygens (including phenoxy) is 1. The smallest absolute Gasteiger partial charge is 0.319 e. The van der Waals surface area contributed by atoms with E-state index in [9.17, 15) is 4.79 Å². The molecule has 1 fully saturated rings. The van der Waals surface area contributed by atoms with Crippen LogP contribution in [0.2, 0.25) is 0 Å². The fourth-order valence-electron chi connectivity index (χ4n) is 2.34. The van der Waals surface area contributed by atoms with Crippen LogP contribution in [0.4, 0.5) is 0 Å². The molecule has 1 saturated heterocycles. The van der Waals surface area contributed by atoms with E-state index in [1.54, 1.807) is 11.3 Å². The summed E-state index contributed by atoms with van der Waals surface area (Å²) >= 11 is 1.76. The normalized spacial score (nSPS) is 25.8. The molecule has 2 rings (SSSR count). The number of piperidine rings is 1. The van der Waals surface area contributed by atoms with Gasteiger partial charge in [0.1, 0.15) is 0 Å². The molecule has 2 heterocycles. The Bertz CT molecular complexity index is 367. The molecule has 0 saturated carbocycles. The molecule has 2 N–H and O–H groups in total. The Hall–Kier alpha value is -0.910. The number of carbonyl (C=O) groups excluding carboxylic acids is 1. The number of hydrogen-bond donors (Lipinski definition) is 1. The van der Waals surface area contributed by atoms with Crippen LogP contribution in [-0.2, 0) is 9.53 Å². The van der Waals surface area contributed by atoms with Crippen LogP contribution in [0, 0.1) is 0 Å². The summed E-state index contributed by atoms with van der Waals surface area (Å²) in [5, 5.41) is 2.08. The van der Waals surface area contributed by atoms with Crippen molar-refractivity contribution >= 4 is 17.3 Å². The highest BCUT2D eigenvalue weighted by Crippen LogP contribution is 2.29. The SMILES string of the molecule is COC(=O)CN1CC(N)CC(c2cccs2)C1. The number of hydrogen-bond acceptors (Lipinski definition) is 5. The minimum Gasteiger partial charge on any atom is -0.468 e. The lowest BCUT2D eigenvalue weighted by Crippen LogP contribution is -2.47. The number of nitrogens with zero attached hydrogens (tertiary/aromatic N) is 1. The largest absolute Gasteiger partial charge is 0.468 e. The van der Waals surface area contributed by atoms with E-state index in [0.29, 0.717) is 12.5 Å². The first-order valence-corrected chi connectivity index (χ1v) is 6.65. The Morgan fingerprint density at radius 2 is 2.47 bits per heavy atom. The Morgan fingerprint density at radius 3 is 3.12 bits per heavy atom. The maximum absolute atomic E-state index is 11.3. The van der Waals surface area contributed by atoms with E-state index in [1.165, 1.54) is 12.0 Å². The van der Waals surface area contributed by atoms with Gasteiger partial charge in [0.25, 0.3) is 0 Å².